The van der Waals surface area contributed by atoms with E-state index < -0.39 is 0 Å². The number of hydrogen-bond donors (Lipinski definition) is 0. The minimum absolute atomic E-state index is 0.109. The van der Waals surface area contributed by atoms with E-state index in [0.29, 0.717) is 0 Å². The highest BCUT2D eigenvalue weighted by Crippen LogP contribution is 2.40. The maximum absolute atomic E-state index is 12.5. The molecule has 0 radical (unpaired) electrons. The third-order valence-electron chi connectivity index (χ3n) is 3.61. The first-order valence-electron chi connectivity index (χ1n) is 6.61. The van der Waals surface area contributed by atoms with Gasteiger partial charge in [0.15, 0.2) is 5.78 Å². The molecule has 0 aromatic heterocycles. The standard InChI is InChI=1S/C17H17NO2/c1-18(2)10-11-8-15-14(9-16(11)20-3)12-6-4-5-7-13(12)17(15)19/h4-9H,10H2,1-3H3. The van der Waals surface area contributed by atoms with E-state index in [9.17, 15) is 4.79 Å². The van der Waals surface area contributed by atoms with E-state index in [4.69, 9.17) is 4.74 Å². The number of nitrogens with zero attached hydrogens (tertiary/aromatic N) is 1. The molecule has 0 unspecified atom stereocenters. The summed E-state index contributed by atoms with van der Waals surface area (Å²) in [7, 11) is 5.68. The lowest BCUT2D eigenvalue weighted by molar-refractivity contribution is 0.104. The van der Waals surface area contributed by atoms with Crippen LogP contribution in [-0.4, -0.2) is 31.9 Å². The monoisotopic (exact) mass is 267 g/mol. The normalized spacial score (nSPS) is 12.5. The third kappa shape index (κ3) is 1.91. The first kappa shape index (κ1) is 12.9. The van der Waals surface area contributed by atoms with Gasteiger partial charge in [0.25, 0.3) is 0 Å². The van der Waals surface area contributed by atoms with Gasteiger partial charge in [0.2, 0.25) is 0 Å². The summed E-state index contributed by atoms with van der Waals surface area (Å²) in [5, 5.41) is 0. The quantitative estimate of drug-likeness (QED) is 0.730. The van der Waals surface area contributed by atoms with Crippen molar-refractivity contribution in [2.24, 2.45) is 0 Å². The Morgan fingerprint density at radius 3 is 2.35 bits per heavy atom. The summed E-state index contributed by atoms with van der Waals surface area (Å²) >= 11 is 0. The Morgan fingerprint density at radius 1 is 1.00 bits per heavy atom. The Bertz CT molecular complexity index is 689. The average molecular weight is 267 g/mol. The van der Waals surface area contributed by atoms with Crippen LogP contribution in [0, 0.1) is 0 Å². The summed E-state index contributed by atoms with van der Waals surface area (Å²) in [5.41, 5.74) is 4.58. The first-order chi connectivity index (χ1) is 9.61. The van der Waals surface area contributed by atoms with E-state index in [1.165, 1.54) is 0 Å². The molecule has 0 bridgehead atoms. The largest absolute Gasteiger partial charge is 0.496 e. The highest BCUT2D eigenvalue weighted by atomic mass is 16.5. The first-order valence-corrected chi connectivity index (χ1v) is 6.61. The van der Waals surface area contributed by atoms with E-state index >= 15 is 0 Å². The van der Waals surface area contributed by atoms with Gasteiger partial charge in [-0.05, 0) is 37.4 Å². The molecule has 1 aliphatic carbocycles. The molecule has 3 rings (SSSR count). The molecule has 2 aromatic carbocycles. The van der Waals surface area contributed by atoms with Crippen molar-refractivity contribution in [1.82, 2.24) is 4.90 Å². The van der Waals surface area contributed by atoms with E-state index in [1.54, 1.807) is 7.11 Å². The van der Waals surface area contributed by atoms with Crippen LogP contribution in [0.3, 0.4) is 0 Å². The number of benzene rings is 2. The summed E-state index contributed by atoms with van der Waals surface area (Å²) < 4.78 is 5.48. The molecule has 20 heavy (non-hydrogen) atoms. The van der Waals surface area contributed by atoms with Gasteiger partial charge in [-0.15, -0.1) is 0 Å². The number of hydrogen-bond acceptors (Lipinski definition) is 3. The fraction of sp³-hybridized carbons (Fsp3) is 0.235. The molecule has 0 heterocycles. The SMILES string of the molecule is COc1cc2c(cc1CN(C)C)C(=O)c1ccccc1-2. The minimum Gasteiger partial charge on any atom is -0.496 e. The van der Waals surface area contributed by atoms with Gasteiger partial charge >= 0.3 is 0 Å². The number of fused-ring (bicyclic) bond motifs is 3. The second-order valence-electron chi connectivity index (χ2n) is 5.32. The lowest BCUT2D eigenvalue weighted by atomic mass is 10.0. The zero-order valence-corrected chi connectivity index (χ0v) is 11.9. The van der Waals surface area contributed by atoms with Crippen LogP contribution in [-0.2, 0) is 6.54 Å². The number of ketones is 1. The van der Waals surface area contributed by atoms with E-state index in [2.05, 4.69) is 4.90 Å². The number of ether oxygens (including phenoxy) is 1. The van der Waals surface area contributed by atoms with Crippen LogP contribution in [0.1, 0.15) is 21.5 Å². The van der Waals surface area contributed by atoms with Crippen molar-refractivity contribution >= 4 is 5.78 Å². The van der Waals surface area contributed by atoms with Gasteiger partial charge in [-0.25, -0.2) is 0 Å². The van der Waals surface area contributed by atoms with E-state index in [-0.39, 0.29) is 5.78 Å². The molecule has 0 amide bonds. The van der Waals surface area contributed by atoms with Crippen LogP contribution < -0.4 is 4.74 Å². The smallest absolute Gasteiger partial charge is 0.194 e. The second kappa shape index (κ2) is 4.76. The summed E-state index contributed by atoms with van der Waals surface area (Å²) in [6.07, 6.45) is 0. The van der Waals surface area contributed by atoms with Crippen LogP contribution in [0.15, 0.2) is 36.4 Å². The molecule has 0 saturated heterocycles. The van der Waals surface area contributed by atoms with Crippen LogP contribution >= 0.6 is 0 Å². The molecule has 3 nitrogen and oxygen atoms in total. The topological polar surface area (TPSA) is 29.5 Å². The van der Waals surface area contributed by atoms with Crippen molar-refractivity contribution in [2.45, 2.75) is 6.54 Å². The van der Waals surface area contributed by atoms with Gasteiger partial charge in [-0.2, -0.15) is 0 Å². The molecular formula is C17H17NO2. The summed E-state index contributed by atoms with van der Waals surface area (Å²) in [4.78, 5) is 14.5. The van der Waals surface area contributed by atoms with Gasteiger partial charge < -0.3 is 9.64 Å². The van der Waals surface area contributed by atoms with E-state index in [0.717, 1.165) is 40.1 Å². The van der Waals surface area contributed by atoms with Crippen LogP contribution in [0.25, 0.3) is 11.1 Å². The zero-order valence-electron chi connectivity index (χ0n) is 11.9. The molecule has 0 spiro atoms. The number of methoxy groups -OCH3 is 1. The third-order valence-corrected chi connectivity index (χ3v) is 3.61. The van der Waals surface area contributed by atoms with Gasteiger partial charge in [0.1, 0.15) is 5.75 Å². The zero-order chi connectivity index (χ0) is 14.3. The molecule has 1 aliphatic rings. The molecule has 3 heteroatoms. The predicted molar refractivity (Wildman–Crippen MR) is 79.3 cm³/mol. The summed E-state index contributed by atoms with van der Waals surface area (Å²) in [5.74, 6) is 0.945. The molecule has 102 valence electrons. The molecule has 0 atom stereocenters. The van der Waals surface area contributed by atoms with Crippen LogP contribution in [0.4, 0.5) is 0 Å². The van der Waals surface area contributed by atoms with Crippen molar-refractivity contribution in [3.8, 4) is 16.9 Å². The lowest BCUT2D eigenvalue weighted by Gasteiger charge is -2.15. The fourth-order valence-electron chi connectivity index (χ4n) is 2.75. The number of carbonyl (C=O) groups excluding carboxylic acids is 1. The van der Waals surface area contributed by atoms with Crippen LogP contribution in [0.5, 0.6) is 5.75 Å². The van der Waals surface area contributed by atoms with Crippen molar-refractivity contribution in [3.63, 3.8) is 0 Å². The molecule has 0 aliphatic heterocycles. The fourth-order valence-corrected chi connectivity index (χ4v) is 2.75. The Hall–Kier alpha value is -2.13. The number of rotatable bonds is 3. The number of carbonyl (C=O) groups is 1. The maximum atomic E-state index is 12.5. The van der Waals surface area contributed by atoms with Crippen molar-refractivity contribution < 1.29 is 9.53 Å². The highest BCUT2D eigenvalue weighted by Gasteiger charge is 2.27. The lowest BCUT2D eigenvalue weighted by Crippen LogP contribution is -2.12. The summed E-state index contributed by atoms with van der Waals surface area (Å²) in [6, 6.07) is 11.7. The molecular weight excluding hydrogens is 250 g/mol. The molecule has 0 N–H and O–H groups in total. The Morgan fingerprint density at radius 2 is 1.70 bits per heavy atom. The minimum atomic E-state index is 0.109. The molecule has 2 aromatic rings. The van der Waals surface area contributed by atoms with Crippen molar-refractivity contribution in [3.05, 3.63) is 53.1 Å². The maximum Gasteiger partial charge on any atom is 0.194 e. The second-order valence-corrected chi connectivity index (χ2v) is 5.32. The summed E-state index contributed by atoms with van der Waals surface area (Å²) in [6.45, 7) is 0.750. The molecule has 0 saturated carbocycles. The average Bonchev–Trinajstić information content (AvgIpc) is 2.71. The van der Waals surface area contributed by atoms with Gasteiger partial charge in [-0.1, -0.05) is 24.3 Å². The Balaban J connectivity index is 2.19. The van der Waals surface area contributed by atoms with Crippen molar-refractivity contribution in [2.75, 3.05) is 21.2 Å². The predicted octanol–water partition coefficient (Wildman–Crippen LogP) is 2.97. The molecule has 0 fully saturated rings. The van der Waals surface area contributed by atoms with Gasteiger partial charge in [0.05, 0.1) is 7.11 Å². The Kier molecular flexibility index (Phi) is 3.07. The van der Waals surface area contributed by atoms with Gasteiger partial charge in [0, 0.05) is 23.2 Å². The van der Waals surface area contributed by atoms with Crippen molar-refractivity contribution in [1.29, 1.82) is 0 Å². The van der Waals surface area contributed by atoms with Crippen LogP contribution in [0.2, 0.25) is 0 Å². The highest BCUT2D eigenvalue weighted by molar-refractivity contribution is 6.21. The Labute approximate surface area is 118 Å². The van der Waals surface area contributed by atoms with E-state index in [1.807, 2.05) is 50.5 Å². The van der Waals surface area contributed by atoms with Gasteiger partial charge in [-0.3, -0.25) is 4.79 Å².